The quantitative estimate of drug-likeness (QED) is 0.167. The van der Waals surface area contributed by atoms with E-state index in [0.717, 1.165) is 22.2 Å². The standard InChI is InChI=1S/C32H42BrNO2Si/c1-32(2,3)37(6,7)36-24-28(22-27-10-16-29(33)17-11-27)23-35-31-20-14-26(15-21-31)9-8-25-12-18-30(19-13-25)34(4)5/h8-21,28H,22-24H2,1-7H3/b9-8+. The summed E-state index contributed by atoms with van der Waals surface area (Å²) in [4.78, 5) is 2.11. The summed E-state index contributed by atoms with van der Waals surface area (Å²) >= 11 is 3.54. The second-order valence-electron chi connectivity index (χ2n) is 11.5. The maximum absolute atomic E-state index is 6.59. The van der Waals surface area contributed by atoms with Gasteiger partial charge in [-0.15, -0.1) is 0 Å². The Labute approximate surface area is 233 Å². The third-order valence-electron chi connectivity index (χ3n) is 7.17. The number of nitrogens with zero attached hydrogens (tertiary/aromatic N) is 1. The lowest BCUT2D eigenvalue weighted by Gasteiger charge is -2.37. The maximum atomic E-state index is 6.59. The molecule has 0 saturated carbocycles. The molecule has 1 unspecified atom stereocenters. The van der Waals surface area contributed by atoms with Crippen LogP contribution in [0.15, 0.2) is 77.3 Å². The van der Waals surface area contributed by atoms with E-state index in [4.69, 9.17) is 9.16 Å². The lowest BCUT2D eigenvalue weighted by molar-refractivity contribution is 0.166. The van der Waals surface area contributed by atoms with E-state index in [9.17, 15) is 0 Å². The minimum Gasteiger partial charge on any atom is -0.493 e. The third kappa shape index (κ3) is 9.17. The summed E-state index contributed by atoms with van der Waals surface area (Å²) in [6, 6.07) is 25.4. The van der Waals surface area contributed by atoms with Gasteiger partial charge in [0.15, 0.2) is 8.32 Å². The summed E-state index contributed by atoms with van der Waals surface area (Å²) in [5.74, 6) is 1.17. The van der Waals surface area contributed by atoms with Gasteiger partial charge in [0.2, 0.25) is 0 Å². The Morgan fingerprint density at radius 3 is 1.86 bits per heavy atom. The smallest absolute Gasteiger partial charge is 0.191 e. The average Bonchev–Trinajstić information content (AvgIpc) is 2.86. The second-order valence-corrected chi connectivity index (χ2v) is 17.2. The van der Waals surface area contributed by atoms with Crippen molar-refractivity contribution in [2.75, 3.05) is 32.2 Å². The molecule has 0 N–H and O–H groups in total. The van der Waals surface area contributed by atoms with Gasteiger partial charge in [0, 0.05) is 36.8 Å². The predicted molar refractivity (Wildman–Crippen MR) is 166 cm³/mol. The molecular weight excluding hydrogens is 538 g/mol. The molecule has 0 radical (unpaired) electrons. The van der Waals surface area contributed by atoms with Crippen molar-refractivity contribution >= 4 is 42.1 Å². The zero-order chi connectivity index (χ0) is 27.1. The zero-order valence-electron chi connectivity index (χ0n) is 23.4. The topological polar surface area (TPSA) is 21.7 Å². The van der Waals surface area contributed by atoms with Gasteiger partial charge >= 0.3 is 0 Å². The lowest BCUT2D eigenvalue weighted by Crippen LogP contribution is -2.42. The number of ether oxygens (including phenoxy) is 1. The van der Waals surface area contributed by atoms with Gasteiger partial charge in [-0.1, -0.05) is 85.3 Å². The molecule has 5 heteroatoms. The van der Waals surface area contributed by atoms with Crippen molar-refractivity contribution in [2.45, 2.75) is 45.3 Å². The molecule has 0 spiro atoms. The van der Waals surface area contributed by atoms with Crippen LogP contribution < -0.4 is 9.64 Å². The molecule has 0 saturated heterocycles. The van der Waals surface area contributed by atoms with Gasteiger partial charge in [-0.3, -0.25) is 0 Å². The Hall–Kier alpha value is -2.34. The summed E-state index contributed by atoms with van der Waals surface area (Å²) in [7, 11) is 2.28. The van der Waals surface area contributed by atoms with Crippen LogP contribution >= 0.6 is 15.9 Å². The molecule has 0 heterocycles. The van der Waals surface area contributed by atoms with E-state index in [1.807, 2.05) is 0 Å². The second kappa shape index (κ2) is 12.9. The minimum atomic E-state index is -1.83. The van der Waals surface area contributed by atoms with Crippen LogP contribution in [0.2, 0.25) is 18.1 Å². The van der Waals surface area contributed by atoms with Gasteiger partial charge in [0.05, 0.1) is 6.61 Å². The molecule has 1 atom stereocenters. The molecule has 0 aliphatic heterocycles. The zero-order valence-corrected chi connectivity index (χ0v) is 26.0. The molecule has 198 valence electrons. The number of anilines is 1. The maximum Gasteiger partial charge on any atom is 0.191 e. The van der Waals surface area contributed by atoms with E-state index in [0.29, 0.717) is 13.2 Å². The van der Waals surface area contributed by atoms with Crippen molar-refractivity contribution in [3.05, 3.63) is 94.0 Å². The first-order valence-electron chi connectivity index (χ1n) is 13.0. The Morgan fingerprint density at radius 2 is 1.35 bits per heavy atom. The fraction of sp³-hybridized carbons (Fsp3) is 0.375. The van der Waals surface area contributed by atoms with E-state index in [1.54, 1.807) is 0 Å². The van der Waals surface area contributed by atoms with Crippen molar-refractivity contribution < 1.29 is 9.16 Å². The first-order valence-corrected chi connectivity index (χ1v) is 16.7. The van der Waals surface area contributed by atoms with E-state index in [-0.39, 0.29) is 11.0 Å². The van der Waals surface area contributed by atoms with Crippen molar-refractivity contribution in [1.82, 2.24) is 0 Å². The molecule has 3 aromatic rings. The number of rotatable bonds is 11. The molecule has 3 rings (SSSR count). The van der Waals surface area contributed by atoms with E-state index in [1.165, 1.54) is 16.8 Å². The van der Waals surface area contributed by atoms with Crippen LogP contribution in [0.1, 0.15) is 37.5 Å². The summed E-state index contributed by atoms with van der Waals surface area (Å²) in [5, 5.41) is 0.188. The van der Waals surface area contributed by atoms with Gasteiger partial charge in [0.25, 0.3) is 0 Å². The van der Waals surface area contributed by atoms with Crippen molar-refractivity contribution in [2.24, 2.45) is 5.92 Å². The molecule has 0 aromatic heterocycles. The number of benzene rings is 3. The highest BCUT2D eigenvalue weighted by atomic mass is 79.9. The van der Waals surface area contributed by atoms with Crippen LogP contribution in [0.4, 0.5) is 5.69 Å². The highest BCUT2D eigenvalue weighted by Crippen LogP contribution is 2.37. The molecule has 0 aliphatic carbocycles. The molecular formula is C32H42BrNO2Si. The first kappa shape index (κ1) is 29.2. The number of hydrogen-bond acceptors (Lipinski definition) is 3. The van der Waals surface area contributed by atoms with Crippen molar-refractivity contribution in [1.29, 1.82) is 0 Å². The van der Waals surface area contributed by atoms with Crippen molar-refractivity contribution in [3.8, 4) is 5.75 Å². The Kier molecular flexibility index (Phi) is 10.2. The van der Waals surface area contributed by atoms with Crippen LogP contribution in [0, 0.1) is 5.92 Å². The Balaban J connectivity index is 1.62. The molecule has 0 aliphatic rings. The van der Waals surface area contributed by atoms with Crippen LogP contribution in [0.5, 0.6) is 5.75 Å². The molecule has 0 amide bonds. The van der Waals surface area contributed by atoms with Gasteiger partial charge < -0.3 is 14.1 Å². The Morgan fingerprint density at radius 1 is 0.811 bits per heavy atom. The van der Waals surface area contributed by atoms with Crippen molar-refractivity contribution in [3.63, 3.8) is 0 Å². The van der Waals surface area contributed by atoms with Gasteiger partial charge in [-0.25, -0.2) is 0 Å². The highest BCUT2D eigenvalue weighted by Gasteiger charge is 2.37. The normalized spacial score (nSPS) is 13.1. The van der Waals surface area contributed by atoms with Crippen LogP contribution in [-0.4, -0.2) is 35.6 Å². The van der Waals surface area contributed by atoms with Crippen LogP contribution in [-0.2, 0) is 10.8 Å². The Bertz CT molecular complexity index is 1130. The van der Waals surface area contributed by atoms with Gasteiger partial charge in [0.1, 0.15) is 5.75 Å². The van der Waals surface area contributed by atoms with Gasteiger partial charge in [-0.05, 0) is 77.6 Å². The van der Waals surface area contributed by atoms with E-state index in [2.05, 4.69) is 154 Å². The fourth-order valence-electron chi connectivity index (χ4n) is 3.63. The van der Waals surface area contributed by atoms with E-state index < -0.39 is 8.32 Å². The number of hydrogen-bond donors (Lipinski definition) is 0. The fourth-order valence-corrected chi connectivity index (χ4v) is 4.98. The van der Waals surface area contributed by atoms with E-state index >= 15 is 0 Å². The summed E-state index contributed by atoms with van der Waals surface area (Å²) < 4.78 is 14.0. The molecule has 37 heavy (non-hydrogen) atoms. The first-order chi connectivity index (χ1) is 17.4. The summed E-state index contributed by atoms with van der Waals surface area (Å²) in [5.41, 5.74) is 4.83. The minimum absolute atomic E-state index is 0.188. The average molecular weight is 581 g/mol. The lowest BCUT2D eigenvalue weighted by atomic mass is 10.0. The third-order valence-corrected chi connectivity index (χ3v) is 12.2. The monoisotopic (exact) mass is 579 g/mol. The molecule has 3 nitrogen and oxygen atoms in total. The van der Waals surface area contributed by atoms with Gasteiger partial charge in [-0.2, -0.15) is 0 Å². The SMILES string of the molecule is CN(C)c1ccc(/C=C/c2ccc(OCC(CO[Si](C)(C)C(C)(C)C)Cc3ccc(Br)cc3)cc2)cc1. The largest absolute Gasteiger partial charge is 0.493 e. The van der Waals surface area contributed by atoms with Crippen LogP contribution in [0.25, 0.3) is 12.2 Å². The predicted octanol–water partition coefficient (Wildman–Crippen LogP) is 8.95. The molecule has 3 aromatic carbocycles. The number of halogens is 1. The summed E-state index contributed by atoms with van der Waals surface area (Å²) in [6.45, 7) is 12.8. The summed E-state index contributed by atoms with van der Waals surface area (Å²) in [6.07, 6.45) is 5.20. The van der Waals surface area contributed by atoms with Crippen LogP contribution in [0.3, 0.4) is 0 Å². The molecule has 0 bridgehead atoms. The molecule has 0 fully saturated rings. The highest BCUT2D eigenvalue weighted by molar-refractivity contribution is 9.10.